The normalized spacial score (nSPS) is 26.6. The Morgan fingerprint density at radius 3 is 2.56 bits per heavy atom. The zero-order chi connectivity index (χ0) is 23.1. The summed E-state index contributed by atoms with van der Waals surface area (Å²) in [6.45, 7) is 5.34. The molecule has 3 aliphatic rings. The molecule has 0 radical (unpaired) electrons. The van der Waals surface area contributed by atoms with Gasteiger partial charge in [0.15, 0.2) is 18.2 Å². The van der Waals surface area contributed by atoms with Gasteiger partial charge in [-0.25, -0.2) is 9.37 Å². The summed E-state index contributed by atoms with van der Waals surface area (Å²) < 4.78 is 24.4. The van der Waals surface area contributed by atoms with Crippen molar-refractivity contribution in [2.75, 3.05) is 6.61 Å². The number of benzene rings is 1. The lowest BCUT2D eigenvalue weighted by Crippen LogP contribution is -2.67. The standard InChI is InChI=1S/C23H27ClFN3O4/c1-13-11-22(28-21(30)20-14(2)32-15(3)26-20)6-8-23(13,9-7-22)27-19(29)12-31-16-4-5-17(24)18(25)10-16/h4-5,10,13H,6-9,11-12H2,1-3H3,(H,27,29)(H,28,30). The predicted molar refractivity (Wildman–Crippen MR) is 116 cm³/mol. The molecule has 32 heavy (non-hydrogen) atoms. The molecule has 172 valence electrons. The van der Waals surface area contributed by atoms with E-state index in [1.54, 1.807) is 13.8 Å². The van der Waals surface area contributed by atoms with Crippen LogP contribution in [-0.2, 0) is 4.79 Å². The summed E-state index contributed by atoms with van der Waals surface area (Å²) in [5, 5.41) is 6.36. The third-order valence-corrected chi connectivity index (χ3v) is 7.19. The number of nitrogens with one attached hydrogen (secondary N) is 2. The highest BCUT2D eigenvalue weighted by Crippen LogP contribution is 2.50. The Kier molecular flexibility index (Phi) is 5.92. The monoisotopic (exact) mass is 463 g/mol. The third-order valence-electron chi connectivity index (χ3n) is 6.89. The van der Waals surface area contributed by atoms with Gasteiger partial charge in [-0.1, -0.05) is 18.5 Å². The smallest absolute Gasteiger partial charge is 0.273 e. The van der Waals surface area contributed by atoms with Crippen molar-refractivity contribution in [3.8, 4) is 5.75 Å². The van der Waals surface area contributed by atoms with Crippen molar-refractivity contribution < 1.29 is 23.1 Å². The predicted octanol–water partition coefficient (Wildman–Crippen LogP) is 4.10. The summed E-state index contributed by atoms with van der Waals surface area (Å²) in [6.07, 6.45) is 3.81. The van der Waals surface area contributed by atoms with Gasteiger partial charge in [-0.15, -0.1) is 0 Å². The van der Waals surface area contributed by atoms with Crippen molar-refractivity contribution in [1.29, 1.82) is 0 Å². The fourth-order valence-electron chi connectivity index (χ4n) is 5.15. The lowest BCUT2D eigenvalue weighted by molar-refractivity contribution is -0.128. The van der Waals surface area contributed by atoms with E-state index in [1.807, 2.05) is 0 Å². The first-order chi connectivity index (χ1) is 15.1. The number of carbonyl (C=O) groups excluding carboxylic acids is 2. The van der Waals surface area contributed by atoms with Gasteiger partial charge in [0.2, 0.25) is 0 Å². The second-order valence-electron chi connectivity index (χ2n) is 9.05. The molecule has 3 fully saturated rings. The van der Waals surface area contributed by atoms with Crippen molar-refractivity contribution in [3.63, 3.8) is 0 Å². The molecule has 5 rings (SSSR count). The summed E-state index contributed by atoms with van der Waals surface area (Å²) in [4.78, 5) is 29.6. The van der Waals surface area contributed by atoms with Crippen molar-refractivity contribution in [2.24, 2.45) is 5.92 Å². The van der Waals surface area contributed by atoms with Gasteiger partial charge in [-0.05, 0) is 57.1 Å². The fraction of sp³-hybridized carbons (Fsp3) is 0.522. The second-order valence-corrected chi connectivity index (χ2v) is 9.45. The summed E-state index contributed by atoms with van der Waals surface area (Å²) in [6, 6.07) is 4.08. The van der Waals surface area contributed by atoms with E-state index in [2.05, 4.69) is 22.5 Å². The van der Waals surface area contributed by atoms with Crippen LogP contribution in [0.15, 0.2) is 22.6 Å². The van der Waals surface area contributed by atoms with E-state index in [4.69, 9.17) is 20.8 Å². The van der Waals surface area contributed by atoms with Crippen LogP contribution in [0.25, 0.3) is 0 Å². The van der Waals surface area contributed by atoms with Gasteiger partial charge in [0.25, 0.3) is 11.8 Å². The number of fused-ring (bicyclic) bond motifs is 3. The number of rotatable bonds is 6. The number of nitrogens with zero attached hydrogens (tertiary/aromatic N) is 1. The topological polar surface area (TPSA) is 93.5 Å². The maximum atomic E-state index is 13.6. The minimum absolute atomic E-state index is 0.00310. The van der Waals surface area contributed by atoms with E-state index in [0.29, 0.717) is 17.3 Å². The molecule has 3 aliphatic carbocycles. The van der Waals surface area contributed by atoms with Crippen molar-refractivity contribution in [3.05, 3.63) is 46.4 Å². The number of carbonyl (C=O) groups is 2. The van der Waals surface area contributed by atoms with Gasteiger partial charge in [-0.3, -0.25) is 9.59 Å². The van der Waals surface area contributed by atoms with Crippen LogP contribution in [0.1, 0.15) is 61.2 Å². The van der Waals surface area contributed by atoms with E-state index in [1.165, 1.54) is 12.1 Å². The molecular formula is C23H27ClFN3O4. The van der Waals surface area contributed by atoms with Crippen LogP contribution in [0.2, 0.25) is 5.02 Å². The van der Waals surface area contributed by atoms with Crippen LogP contribution in [-0.4, -0.2) is 34.5 Å². The number of hydrogen-bond acceptors (Lipinski definition) is 5. The number of hydrogen-bond donors (Lipinski definition) is 2. The molecule has 1 heterocycles. The van der Waals surface area contributed by atoms with Crippen LogP contribution < -0.4 is 15.4 Å². The number of amides is 2. The Bertz CT molecular complexity index is 1050. The van der Waals surface area contributed by atoms with Gasteiger partial charge in [-0.2, -0.15) is 0 Å². The zero-order valence-electron chi connectivity index (χ0n) is 18.4. The molecule has 9 heteroatoms. The second kappa shape index (κ2) is 8.39. The first kappa shape index (κ1) is 22.6. The minimum atomic E-state index is -0.592. The highest BCUT2D eigenvalue weighted by atomic mass is 35.5. The number of aryl methyl sites for hydroxylation is 2. The molecule has 0 aliphatic heterocycles. The quantitative estimate of drug-likeness (QED) is 0.672. The SMILES string of the molecule is Cc1nc(C(=O)NC23CCC(NC(=O)COc4ccc(Cl)c(F)c4)(CC2)C(C)C3)c(C)o1. The van der Waals surface area contributed by atoms with Gasteiger partial charge < -0.3 is 19.8 Å². The Morgan fingerprint density at radius 2 is 1.97 bits per heavy atom. The summed E-state index contributed by atoms with van der Waals surface area (Å²) in [5.41, 5.74) is -0.311. The molecule has 7 nitrogen and oxygen atoms in total. The minimum Gasteiger partial charge on any atom is -0.484 e. The van der Waals surface area contributed by atoms with E-state index < -0.39 is 5.82 Å². The van der Waals surface area contributed by atoms with Crippen LogP contribution in [0.5, 0.6) is 5.75 Å². The lowest BCUT2D eigenvalue weighted by Gasteiger charge is -2.57. The molecule has 0 spiro atoms. The number of oxazole rings is 1. The Morgan fingerprint density at radius 1 is 1.25 bits per heavy atom. The van der Waals surface area contributed by atoms with Crippen LogP contribution >= 0.6 is 11.6 Å². The van der Waals surface area contributed by atoms with Crippen molar-refractivity contribution in [2.45, 2.75) is 64.0 Å². The summed E-state index contributed by atoms with van der Waals surface area (Å²) >= 11 is 5.67. The molecule has 1 aromatic carbocycles. The van der Waals surface area contributed by atoms with Gasteiger partial charge in [0.05, 0.1) is 5.02 Å². The molecule has 1 aromatic heterocycles. The lowest BCUT2D eigenvalue weighted by atomic mass is 9.56. The number of halogens is 2. The highest BCUT2D eigenvalue weighted by Gasteiger charge is 2.54. The van der Waals surface area contributed by atoms with Crippen molar-refractivity contribution >= 4 is 23.4 Å². The summed E-state index contributed by atoms with van der Waals surface area (Å²) in [7, 11) is 0. The number of aromatic nitrogens is 1. The van der Waals surface area contributed by atoms with Gasteiger partial charge >= 0.3 is 0 Å². The van der Waals surface area contributed by atoms with E-state index in [9.17, 15) is 14.0 Å². The molecule has 2 N–H and O–H groups in total. The first-order valence-corrected chi connectivity index (χ1v) is 11.1. The molecular weight excluding hydrogens is 437 g/mol. The zero-order valence-corrected chi connectivity index (χ0v) is 19.1. The Balaban J connectivity index is 1.35. The van der Waals surface area contributed by atoms with E-state index in [0.717, 1.165) is 38.2 Å². The molecule has 0 saturated heterocycles. The molecule has 2 amide bonds. The van der Waals surface area contributed by atoms with Gasteiger partial charge in [0.1, 0.15) is 17.3 Å². The first-order valence-electron chi connectivity index (χ1n) is 10.8. The molecule has 2 aromatic rings. The van der Waals surface area contributed by atoms with E-state index in [-0.39, 0.29) is 46.2 Å². The van der Waals surface area contributed by atoms with Crippen LogP contribution in [0.4, 0.5) is 4.39 Å². The number of ether oxygens (including phenoxy) is 1. The third kappa shape index (κ3) is 4.33. The molecule has 3 saturated carbocycles. The van der Waals surface area contributed by atoms with Crippen LogP contribution in [0, 0.1) is 25.6 Å². The largest absolute Gasteiger partial charge is 0.484 e. The molecule has 2 bridgehead atoms. The highest BCUT2D eigenvalue weighted by molar-refractivity contribution is 6.30. The summed E-state index contributed by atoms with van der Waals surface area (Å²) in [5.74, 6) is 0.343. The average molecular weight is 464 g/mol. The maximum absolute atomic E-state index is 13.6. The van der Waals surface area contributed by atoms with Crippen LogP contribution in [0.3, 0.4) is 0 Å². The molecule has 1 unspecified atom stereocenters. The maximum Gasteiger partial charge on any atom is 0.273 e. The average Bonchev–Trinajstić information content (AvgIpc) is 3.08. The molecule has 1 atom stereocenters. The van der Waals surface area contributed by atoms with Crippen molar-refractivity contribution in [1.82, 2.24) is 15.6 Å². The Labute approximate surface area is 191 Å². The Hall–Kier alpha value is -2.61. The van der Waals surface area contributed by atoms with Gasteiger partial charge in [0, 0.05) is 24.1 Å². The fourth-order valence-corrected chi connectivity index (χ4v) is 5.26. The van der Waals surface area contributed by atoms with E-state index >= 15 is 0 Å².